The Labute approximate surface area is 90.7 Å². The highest BCUT2D eigenvalue weighted by molar-refractivity contribution is 5.05. The molecule has 0 aliphatic carbocycles. The fraction of sp³-hybridized carbons (Fsp3) is 0.167. The van der Waals surface area contributed by atoms with Crippen LogP contribution in [0.3, 0.4) is 0 Å². The van der Waals surface area contributed by atoms with Gasteiger partial charge in [-0.25, -0.2) is 0 Å². The average Bonchev–Trinajstić information content (AvgIpc) is 2.31. The van der Waals surface area contributed by atoms with E-state index < -0.39 is 0 Å². The molecule has 3 heteroatoms. The first kappa shape index (κ1) is 8.56. The molecule has 0 amide bonds. The van der Waals surface area contributed by atoms with Crippen LogP contribution in [0.15, 0.2) is 48.8 Å². The van der Waals surface area contributed by atoms with Gasteiger partial charge in [-0.15, -0.1) is 0 Å². The Morgan fingerprint density at radius 2 is 1.47 bits per heavy atom. The highest BCUT2D eigenvalue weighted by Gasteiger charge is 1.94. The summed E-state index contributed by atoms with van der Waals surface area (Å²) in [5.41, 5.74) is 1.79. The van der Waals surface area contributed by atoms with Crippen molar-refractivity contribution in [3.05, 3.63) is 60.2 Å². The number of pyridine rings is 2. The van der Waals surface area contributed by atoms with E-state index in [0.29, 0.717) is 13.1 Å². The van der Waals surface area contributed by atoms with E-state index in [1.54, 1.807) is 12.4 Å². The van der Waals surface area contributed by atoms with Crippen molar-refractivity contribution in [2.75, 3.05) is 0 Å². The van der Waals surface area contributed by atoms with Crippen molar-refractivity contribution < 1.29 is 1.41 Å². The van der Waals surface area contributed by atoms with Crippen LogP contribution in [-0.2, 0) is 13.1 Å². The van der Waals surface area contributed by atoms with Gasteiger partial charge in [0.15, 0.2) is 0 Å². The third-order valence-electron chi connectivity index (χ3n) is 2.00. The molecule has 0 atom stereocenters. The van der Waals surface area contributed by atoms with E-state index in [4.69, 9.17) is 1.41 Å². The second-order valence-corrected chi connectivity index (χ2v) is 3.18. The number of nitrogens with zero attached hydrogens (tertiary/aromatic N) is 2. The minimum Gasteiger partial charge on any atom is -0.306 e. The van der Waals surface area contributed by atoms with Gasteiger partial charge in [0, 0.05) is 25.5 Å². The third-order valence-corrected chi connectivity index (χ3v) is 2.00. The van der Waals surface area contributed by atoms with Gasteiger partial charge in [-0.1, -0.05) is 12.1 Å². The van der Waals surface area contributed by atoms with E-state index in [2.05, 4.69) is 9.97 Å². The quantitative estimate of drug-likeness (QED) is 0.817. The van der Waals surface area contributed by atoms with Crippen molar-refractivity contribution in [2.24, 2.45) is 0 Å². The summed E-state index contributed by atoms with van der Waals surface area (Å²) in [6, 6.07) is 11.4. The van der Waals surface area contributed by atoms with Crippen LogP contribution in [0, 0.1) is 0 Å². The summed E-state index contributed by atoms with van der Waals surface area (Å²) in [7, 11) is 0. The first-order valence-corrected chi connectivity index (χ1v) is 4.88. The monoisotopic (exact) mass is 200 g/mol. The molecule has 2 aromatic rings. The molecule has 2 heterocycles. The summed E-state index contributed by atoms with van der Waals surface area (Å²) in [5, 5.41) is 1.45. The fourth-order valence-electron chi connectivity index (χ4n) is 1.27. The number of nitrogens with one attached hydrogen (secondary N) is 1. The van der Waals surface area contributed by atoms with E-state index in [-0.39, 0.29) is 0 Å². The average molecular weight is 200 g/mol. The van der Waals surface area contributed by atoms with E-state index >= 15 is 0 Å². The second-order valence-electron chi connectivity index (χ2n) is 3.18. The van der Waals surface area contributed by atoms with E-state index in [0.717, 1.165) is 11.4 Å². The maximum absolute atomic E-state index is 7.80. The van der Waals surface area contributed by atoms with Gasteiger partial charge in [0.2, 0.25) is 0 Å². The molecule has 0 aliphatic rings. The Kier molecular flexibility index (Phi) is 2.98. The Bertz CT molecular complexity index is 377. The maximum atomic E-state index is 7.80. The van der Waals surface area contributed by atoms with Gasteiger partial charge in [0.05, 0.1) is 11.4 Å². The maximum Gasteiger partial charge on any atom is 0.123 e. The van der Waals surface area contributed by atoms with Crippen molar-refractivity contribution >= 4 is 0 Å². The number of hydrogen-bond donors (Lipinski definition) is 1. The van der Waals surface area contributed by atoms with Crippen molar-refractivity contribution in [1.29, 1.82) is 0 Å². The molecular formula is C12H13N3. The molecule has 1 N–H and O–H groups in total. The highest BCUT2D eigenvalue weighted by atomic mass is 14.9. The molecule has 0 aliphatic heterocycles. The normalized spacial score (nSPS) is 11.4. The summed E-state index contributed by atoms with van der Waals surface area (Å²) in [4.78, 5) is 8.36. The highest BCUT2D eigenvalue weighted by Crippen LogP contribution is 1.95. The van der Waals surface area contributed by atoms with E-state index in [1.165, 1.54) is 5.31 Å². The topological polar surface area (TPSA) is 37.8 Å². The van der Waals surface area contributed by atoms with Crippen LogP contribution < -0.4 is 5.31 Å². The van der Waals surface area contributed by atoms with Crippen molar-refractivity contribution in [1.82, 2.24) is 15.3 Å². The Morgan fingerprint density at radius 3 is 1.87 bits per heavy atom. The smallest absolute Gasteiger partial charge is 0.123 e. The molecule has 2 aromatic heterocycles. The molecule has 2 rings (SSSR count). The first-order chi connectivity index (χ1) is 7.84. The van der Waals surface area contributed by atoms with Crippen LogP contribution in [-0.4, -0.2) is 9.97 Å². The minimum absolute atomic E-state index is 0.511. The molecule has 0 aromatic carbocycles. The lowest BCUT2D eigenvalue weighted by Gasteiger charge is -2.03. The lowest BCUT2D eigenvalue weighted by atomic mass is 10.3. The molecule has 0 saturated heterocycles. The summed E-state index contributed by atoms with van der Waals surface area (Å²) in [6.45, 7) is 1.02. The second kappa shape index (κ2) is 5.22. The zero-order valence-corrected chi connectivity index (χ0v) is 8.37. The number of aromatic nitrogens is 2. The number of hydrogen-bond acceptors (Lipinski definition) is 3. The standard InChI is InChI=1S/C12H13N3/c1-3-7-14-11(5-1)9-13-10-12-6-2-4-8-15-12/h1-8,13H,9-10H2/i/hD. The van der Waals surface area contributed by atoms with Crippen LogP contribution in [0.1, 0.15) is 11.4 Å². The van der Waals surface area contributed by atoms with Gasteiger partial charge in [-0.05, 0) is 24.3 Å². The molecule has 0 bridgehead atoms. The lowest BCUT2D eigenvalue weighted by Crippen LogP contribution is -2.14. The molecule has 0 spiro atoms. The molecule has 0 saturated carbocycles. The summed E-state index contributed by atoms with van der Waals surface area (Å²) in [6.07, 6.45) is 3.48. The predicted molar refractivity (Wildman–Crippen MR) is 59.0 cm³/mol. The molecule has 3 nitrogen and oxygen atoms in total. The molecular weight excluding hydrogens is 186 g/mol. The third kappa shape index (κ3) is 3.14. The fourth-order valence-corrected chi connectivity index (χ4v) is 1.27. The van der Waals surface area contributed by atoms with Crippen LogP contribution in [0.4, 0.5) is 0 Å². The summed E-state index contributed by atoms with van der Waals surface area (Å²) >= 11 is 0. The predicted octanol–water partition coefficient (Wildman–Crippen LogP) is 1.77. The van der Waals surface area contributed by atoms with Gasteiger partial charge in [-0.2, -0.15) is 0 Å². The molecule has 0 fully saturated rings. The van der Waals surface area contributed by atoms with Gasteiger partial charge >= 0.3 is 0 Å². The number of rotatable bonds is 4. The van der Waals surface area contributed by atoms with Crippen LogP contribution in [0.2, 0.25) is 1.41 Å². The first-order valence-electron chi connectivity index (χ1n) is 5.33. The Morgan fingerprint density at radius 1 is 0.933 bits per heavy atom. The minimum atomic E-state index is 0.511. The van der Waals surface area contributed by atoms with Crippen LogP contribution >= 0.6 is 0 Å². The Balaban J connectivity index is 1.92. The Hall–Kier alpha value is -1.74. The van der Waals surface area contributed by atoms with E-state index in [9.17, 15) is 0 Å². The van der Waals surface area contributed by atoms with Gasteiger partial charge in [0.1, 0.15) is 1.41 Å². The molecule has 0 radical (unpaired) electrons. The molecule has 0 unspecified atom stereocenters. The summed E-state index contributed by atoms with van der Waals surface area (Å²) in [5.74, 6) is 0. The largest absolute Gasteiger partial charge is 0.306 e. The van der Waals surface area contributed by atoms with Crippen molar-refractivity contribution in [2.45, 2.75) is 13.1 Å². The van der Waals surface area contributed by atoms with Gasteiger partial charge in [-0.3, -0.25) is 9.97 Å². The molecule has 76 valence electrons. The molecule has 15 heavy (non-hydrogen) atoms. The van der Waals surface area contributed by atoms with Gasteiger partial charge < -0.3 is 5.31 Å². The van der Waals surface area contributed by atoms with Gasteiger partial charge in [0.25, 0.3) is 0 Å². The summed E-state index contributed by atoms with van der Waals surface area (Å²) < 4.78 is 7.80. The van der Waals surface area contributed by atoms with Crippen LogP contribution in [0.5, 0.6) is 0 Å². The zero-order chi connectivity index (χ0) is 11.2. The zero-order valence-electron chi connectivity index (χ0n) is 9.37. The van der Waals surface area contributed by atoms with Crippen LogP contribution in [0.25, 0.3) is 0 Å². The van der Waals surface area contributed by atoms with Crippen molar-refractivity contribution in [3.63, 3.8) is 0 Å². The van der Waals surface area contributed by atoms with Crippen molar-refractivity contribution in [3.8, 4) is 0 Å². The lowest BCUT2D eigenvalue weighted by molar-refractivity contribution is 0.667. The van der Waals surface area contributed by atoms with E-state index in [1.807, 2.05) is 36.4 Å². The SMILES string of the molecule is [2H]N(Cc1ccccn1)Cc1ccccn1.